The van der Waals surface area contributed by atoms with E-state index in [1.54, 1.807) is 11.8 Å². The number of esters is 1. The Labute approximate surface area is 189 Å². The van der Waals surface area contributed by atoms with Crippen molar-refractivity contribution in [3.8, 4) is 11.5 Å². The molecular weight excluding hydrogens is 408 g/mol. The highest BCUT2D eigenvalue weighted by Crippen LogP contribution is 2.20. The molecule has 2 heterocycles. The van der Waals surface area contributed by atoms with Crippen LogP contribution in [0, 0.1) is 6.92 Å². The molecular formula is C24H34N4O4. The monoisotopic (exact) mass is 442 g/mol. The summed E-state index contributed by atoms with van der Waals surface area (Å²) in [4.78, 5) is 29.1. The fraction of sp³-hybridized carbons (Fsp3) is 0.583. The third-order valence-corrected chi connectivity index (χ3v) is 5.90. The van der Waals surface area contributed by atoms with Crippen molar-refractivity contribution in [1.29, 1.82) is 0 Å². The maximum atomic E-state index is 13.0. The van der Waals surface area contributed by atoms with Crippen LogP contribution in [0.5, 0.6) is 0 Å². The number of aryl methyl sites for hydroxylation is 2. The highest BCUT2D eigenvalue weighted by atomic mass is 16.5. The summed E-state index contributed by atoms with van der Waals surface area (Å²) in [6.07, 6.45) is 3.05. The van der Waals surface area contributed by atoms with Crippen LogP contribution in [0.4, 0.5) is 0 Å². The van der Waals surface area contributed by atoms with Crippen LogP contribution in [0.15, 0.2) is 28.7 Å². The van der Waals surface area contributed by atoms with Crippen molar-refractivity contribution < 1.29 is 18.7 Å². The highest BCUT2D eigenvalue weighted by Gasteiger charge is 2.27. The molecule has 3 rings (SSSR count). The fourth-order valence-electron chi connectivity index (χ4n) is 4.09. The molecule has 2 aromatic rings. The second-order valence-corrected chi connectivity index (χ2v) is 8.19. The molecule has 32 heavy (non-hydrogen) atoms. The quantitative estimate of drug-likeness (QED) is 0.494. The first-order chi connectivity index (χ1) is 15.5. The number of ether oxygens (including phenoxy) is 1. The van der Waals surface area contributed by atoms with Crippen molar-refractivity contribution in [2.24, 2.45) is 0 Å². The van der Waals surface area contributed by atoms with Crippen LogP contribution in [0.1, 0.15) is 51.0 Å². The first-order valence-electron chi connectivity index (χ1n) is 11.6. The second-order valence-electron chi connectivity index (χ2n) is 8.19. The molecule has 1 aromatic heterocycles. The molecule has 1 atom stereocenters. The Bertz CT molecular complexity index is 880. The predicted molar refractivity (Wildman–Crippen MR) is 121 cm³/mol. The van der Waals surface area contributed by atoms with Crippen molar-refractivity contribution in [1.82, 2.24) is 20.0 Å². The molecule has 0 N–H and O–H groups in total. The van der Waals surface area contributed by atoms with Gasteiger partial charge in [-0.25, -0.2) is 0 Å². The zero-order valence-corrected chi connectivity index (χ0v) is 19.4. The standard InChI is InChI=1S/C24H34N4O4/c1-4-27-15-6-7-20(27)17-28(16-14-23(30)31-5-2)22(29)13-12-21-25-26-24(32-21)19-10-8-18(3)9-11-19/h8-11,20H,4-7,12-17H2,1-3H3. The minimum Gasteiger partial charge on any atom is -0.466 e. The fourth-order valence-corrected chi connectivity index (χ4v) is 4.09. The number of likely N-dealkylation sites (tertiary alicyclic amines) is 1. The summed E-state index contributed by atoms with van der Waals surface area (Å²) in [5.41, 5.74) is 2.02. The van der Waals surface area contributed by atoms with Crippen LogP contribution < -0.4 is 0 Å². The van der Waals surface area contributed by atoms with Gasteiger partial charge in [-0.2, -0.15) is 0 Å². The summed E-state index contributed by atoms with van der Waals surface area (Å²) >= 11 is 0. The van der Waals surface area contributed by atoms with E-state index in [-0.39, 0.29) is 24.7 Å². The van der Waals surface area contributed by atoms with Crippen LogP contribution in [0.3, 0.4) is 0 Å². The normalized spacial score (nSPS) is 16.3. The molecule has 174 valence electrons. The number of rotatable bonds is 11. The topological polar surface area (TPSA) is 88.8 Å². The van der Waals surface area contributed by atoms with Gasteiger partial charge < -0.3 is 14.1 Å². The van der Waals surface area contributed by atoms with E-state index in [1.165, 1.54) is 0 Å². The Morgan fingerprint density at radius 3 is 2.69 bits per heavy atom. The number of carbonyl (C=O) groups excluding carboxylic acids is 2. The lowest BCUT2D eigenvalue weighted by molar-refractivity contribution is -0.144. The van der Waals surface area contributed by atoms with Gasteiger partial charge in [-0.05, 0) is 51.9 Å². The van der Waals surface area contributed by atoms with E-state index in [1.807, 2.05) is 31.2 Å². The molecule has 0 radical (unpaired) electrons. The summed E-state index contributed by atoms with van der Waals surface area (Å²) in [5, 5.41) is 8.22. The minimum absolute atomic E-state index is 0.00709. The largest absolute Gasteiger partial charge is 0.466 e. The molecule has 8 nitrogen and oxygen atoms in total. The van der Waals surface area contributed by atoms with E-state index in [4.69, 9.17) is 9.15 Å². The number of hydrogen-bond acceptors (Lipinski definition) is 7. The van der Waals surface area contributed by atoms with E-state index in [9.17, 15) is 9.59 Å². The van der Waals surface area contributed by atoms with E-state index < -0.39 is 0 Å². The Morgan fingerprint density at radius 1 is 1.19 bits per heavy atom. The molecule has 1 fully saturated rings. The SMILES string of the molecule is CCOC(=O)CCN(CC1CCCN1CC)C(=O)CCc1nnc(-c2ccc(C)cc2)o1. The molecule has 8 heteroatoms. The smallest absolute Gasteiger partial charge is 0.307 e. The summed E-state index contributed by atoms with van der Waals surface area (Å²) < 4.78 is 10.8. The first-order valence-corrected chi connectivity index (χ1v) is 11.6. The lowest BCUT2D eigenvalue weighted by Gasteiger charge is -2.30. The maximum Gasteiger partial charge on any atom is 0.307 e. The maximum absolute atomic E-state index is 13.0. The van der Waals surface area contributed by atoms with Gasteiger partial charge in [-0.3, -0.25) is 14.5 Å². The van der Waals surface area contributed by atoms with E-state index in [0.717, 1.165) is 37.1 Å². The third-order valence-electron chi connectivity index (χ3n) is 5.90. The van der Waals surface area contributed by atoms with Crippen LogP contribution in [0.2, 0.25) is 0 Å². The summed E-state index contributed by atoms with van der Waals surface area (Å²) in [6.45, 7) is 9.32. The average molecular weight is 443 g/mol. The lowest BCUT2D eigenvalue weighted by Crippen LogP contribution is -2.44. The van der Waals surface area contributed by atoms with Gasteiger partial charge >= 0.3 is 5.97 Å². The molecule has 1 amide bonds. The highest BCUT2D eigenvalue weighted by molar-refractivity contribution is 5.77. The molecule has 1 saturated heterocycles. The molecule has 1 aliphatic rings. The van der Waals surface area contributed by atoms with Gasteiger partial charge in [0.2, 0.25) is 17.7 Å². The number of hydrogen-bond donors (Lipinski definition) is 0. The number of carbonyl (C=O) groups is 2. The zero-order chi connectivity index (χ0) is 22.9. The minimum atomic E-state index is -0.274. The third kappa shape index (κ3) is 6.63. The number of amides is 1. The number of benzene rings is 1. The van der Waals surface area contributed by atoms with E-state index in [2.05, 4.69) is 22.0 Å². The van der Waals surface area contributed by atoms with Gasteiger partial charge in [-0.15, -0.1) is 10.2 Å². The molecule has 0 spiro atoms. The number of likely N-dealkylation sites (N-methyl/N-ethyl adjacent to an activating group) is 1. The Kier molecular flexibility index (Phi) is 8.79. The lowest BCUT2D eigenvalue weighted by atomic mass is 10.1. The van der Waals surface area contributed by atoms with Gasteiger partial charge in [0.1, 0.15) is 0 Å². The Hall–Kier alpha value is -2.74. The van der Waals surface area contributed by atoms with E-state index >= 15 is 0 Å². The van der Waals surface area contributed by atoms with Gasteiger partial charge in [0.15, 0.2) is 0 Å². The Balaban J connectivity index is 1.59. The summed E-state index contributed by atoms with van der Waals surface area (Å²) in [6, 6.07) is 8.20. The van der Waals surface area contributed by atoms with Crippen LogP contribution >= 0.6 is 0 Å². The predicted octanol–water partition coefficient (Wildman–Crippen LogP) is 3.24. The van der Waals surface area contributed by atoms with Crippen molar-refractivity contribution in [2.75, 3.05) is 32.8 Å². The van der Waals surface area contributed by atoms with Crippen molar-refractivity contribution >= 4 is 11.9 Å². The average Bonchev–Trinajstić information content (AvgIpc) is 3.45. The van der Waals surface area contributed by atoms with Gasteiger partial charge in [-0.1, -0.05) is 24.6 Å². The van der Waals surface area contributed by atoms with Crippen LogP contribution in [0.25, 0.3) is 11.5 Å². The molecule has 0 saturated carbocycles. The second kappa shape index (κ2) is 11.8. The molecule has 0 bridgehead atoms. The van der Waals surface area contributed by atoms with Crippen LogP contribution in [-0.4, -0.2) is 70.7 Å². The first kappa shape index (κ1) is 23.9. The number of aromatic nitrogens is 2. The van der Waals surface area contributed by atoms with Gasteiger partial charge in [0.25, 0.3) is 0 Å². The molecule has 1 aliphatic heterocycles. The van der Waals surface area contributed by atoms with Crippen molar-refractivity contribution in [2.45, 2.75) is 58.9 Å². The van der Waals surface area contributed by atoms with Crippen molar-refractivity contribution in [3.63, 3.8) is 0 Å². The molecule has 0 aliphatic carbocycles. The Morgan fingerprint density at radius 2 is 1.97 bits per heavy atom. The van der Waals surface area contributed by atoms with E-state index in [0.29, 0.717) is 43.9 Å². The molecule has 1 unspecified atom stereocenters. The van der Waals surface area contributed by atoms with Gasteiger partial charge in [0.05, 0.1) is 13.0 Å². The summed E-state index contributed by atoms with van der Waals surface area (Å²) in [7, 11) is 0. The van der Waals surface area contributed by atoms with Crippen LogP contribution in [-0.2, 0) is 20.7 Å². The number of nitrogens with zero attached hydrogens (tertiary/aromatic N) is 4. The van der Waals surface area contributed by atoms with Gasteiger partial charge in [0, 0.05) is 37.5 Å². The van der Waals surface area contributed by atoms with Crippen molar-refractivity contribution in [3.05, 3.63) is 35.7 Å². The molecule has 1 aromatic carbocycles. The zero-order valence-electron chi connectivity index (χ0n) is 19.4. The summed E-state index contributed by atoms with van der Waals surface area (Å²) in [5.74, 6) is 0.613.